The van der Waals surface area contributed by atoms with Crippen molar-refractivity contribution in [1.29, 1.82) is 0 Å². The average molecular weight is 193 g/mol. The van der Waals surface area contributed by atoms with Crippen LogP contribution in [0.3, 0.4) is 0 Å². The van der Waals surface area contributed by atoms with Gasteiger partial charge in [-0.3, -0.25) is 0 Å². The van der Waals surface area contributed by atoms with Crippen LogP contribution in [0.1, 0.15) is 26.5 Å². The minimum Gasteiger partial charge on any atom is -0.196 e. The molecule has 0 bridgehead atoms. The Labute approximate surface area is 81.0 Å². The van der Waals surface area contributed by atoms with Crippen LogP contribution in [0.25, 0.3) is 10.1 Å². The maximum Gasteiger partial charge on any atom is 0.0770 e. The van der Waals surface area contributed by atoms with Crippen molar-refractivity contribution in [1.82, 2.24) is 14.6 Å². The summed E-state index contributed by atoms with van der Waals surface area (Å²) in [6.45, 7) is 6.46. The van der Waals surface area contributed by atoms with Crippen molar-refractivity contribution in [2.75, 3.05) is 0 Å². The molecule has 2 aromatic heterocycles. The van der Waals surface area contributed by atoms with Gasteiger partial charge in [-0.15, -0.1) is 0 Å². The molecule has 0 N–H and O–H groups in total. The number of fused-ring (bicyclic) bond motifs is 1. The Balaban J connectivity index is 2.72. The third kappa shape index (κ3) is 1.42. The highest BCUT2D eigenvalue weighted by Gasteiger charge is 2.20. The largest absolute Gasteiger partial charge is 0.196 e. The summed E-state index contributed by atoms with van der Waals surface area (Å²) < 4.78 is 5.54. The number of hydrogen-bond donors (Lipinski definition) is 0. The van der Waals surface area contributed by atoms with Gasteiger partial charge in [-0.1, -0.05) is 20.8 Å². The molecule has 0 saturated heterocycles. The summed E-state index contributed by atoms with van der Waals surface area (Å²) in [5.41, 5.74) is 1.20. The van der Waals surface area contributed by atoms with Crippen molar-refractivity contribution in [2.45, 2.75) is 26.2 Å². The SMILES string of the molecule is CC(C)(C)c1nsc2cnncc12. The Bertz CT molecular complexity index is 428. The first kappa shape index (κ1) is 8.56. The third-order valence-electron chi connectivity index (χ3n) is 1.89. The molecule has 13 heavy (non-hydrogen) atoms. The molecule has 0 amide bonds. The molecule has 68 valence electrons. The monoisotopic (exact) mass is 193 g/mol. The highest BCUT2D eigenvalue weighted by atomic mass is 32.1. The molecule has 2 heterocycles. The van der Waals surface area contributed by atoms with E-state index in [9.17, 15) is 0 Å². The van der Waals surface area contributed by atoms with E-state index in [2.05, 4.69) is 35.3 Å². The van der Waals surface area contributed by atoms with E-state index in [4.69, 9.17) is 0 Å². The molecule has 0 atom stereocenters. The van der Waals surface area contributed by atoms with E-state index in [1.807, 2.05) is 0 Å². The number of rotatable bonds is 0. The second-order valence-corrected chi connectivity index (χ2v) is 4.85. The lowest BCUT2D eigenvalue weighted by atomic mass is 9.90. The Morgan fingerprint density at radius 3 is 2.54 bits per heavy atom. The fourth-order valence-electron chi connectivity index (χ4n) is 1.25. The van der Waals surface area contributed by atoms with Crippen molar-refractivity contribution in [2.24, 2.45) is 0 Å². The molecule has 0 aromatic carbocycles. The van der Waals surface area contributed by atoms with Crippen LogP contribution in [-0.2, 0) is 5.41 Å². The van der Waals surface area contributed by atoms with Crippen LogP contribution in [0, 0.1) is 0 Å². The van der Waals surface area contributed by atoms with Crippen molar-refractivity contribution >= 4 is 21.6 Å². The van der Waals surface area contributed by atoms with Crippen LogP contribution in [0.4, 0.5) is 0 Å². The Kier molecular flexibility index (Phi) is 1.80. The molecule has 0 radical (unpaired) electrons. The third-order valence-corrected chi connectivity index (χ3v) is 2.69. The maximum atomic E-state index is 4.43. The van der Waals surface area contributed by atoms with Crippen LogP contribution in [0.5, 0.6) is 0 Å². The van der Waals surface area contributed by atoms with Crippen LogP contribution >= 0.6 is 11.5 Å². The average Bonchev–Trinajstić information content (AvgIpc) is 2.45. The quantitative estimate of drug-likeness (QED) is 0.644. The summed E-state index contributed by atoms with van der Waals surface area (Å²) in [5.74, 6) is 0. The van der Waals surface area contributed by atoms with Crippen LogP contribution < -0.4 is 0 Å². The minimum atomic E-state index is 0.0846. The summed E-state index contributed by atoms with van der Waals surface area (Å²) in [5, 5.41) is 8.84. The topological polar surface area (TPSA) is 38.7 Å². The van der Waals surface area contributed by atoms with Gasteiger partial charge in [0.25, 0.3) is 0 Å². The van der Waals surface area contributed by atoms with E-state index < -0.39 is 0 Å². The van der Waals surface area contributed by atoms with Crippen molar-refractivity contribution in [3.63, 3.8) is 0 Å². The van der Waals surface area contributed by atoms with Gasteiger partial charge in [0.1, 0.15) is 0 Å². The lowest BCUT2D eigenvalue weighted by Crippen LogP contribution is -2.11. The van der Waals surface area contributed by atoms with Gasteiger partial charge < -0.3 is 0 Å². The molecule has 0 saturated carbocycles. The molecule has 0 aliphatic carbocycles. The molecule has 0 spiro atoms. The van der Waals surface area contributed by atoms with Gasteiger partial charge in [-0.2, -0.15) is 14.6 Å². The summed E-state index contributed by atoms with van der Waals surface area (Å²) in [4.78, 5) is 0. The smallest absolute Gasteiger partial charge is 0.0770 e. The first-order valence-electron chi connectivity index (χ1n) is 4.15. The van der Waals surface area contributed by atoms with E-state index in [0.29, 0.717) is 0 Å². The summed E-state index contributed by atoms with van der Waals surface area (Å²) in [6, 6.07) is 0. The van der Waals surface area contributed by atoms with E-state index in [1.165, 1.54) is 11.5 Å². The molecule has 2 rings (SSSR count). The minimum absolute atomic E-state index is 0.0846. The molecule has 0 fully saturated rings. The molecule has 2 aromatic rings. The van der Waals surface area contributed by atoms with Gasteiger partial charge in [0, 0.05) is 10.8 Å². The zero-order valence-electron chi connectivity index (χ0n) is 7.90. The van der Waals surface area contributed by atoms with E-state index in [1.54, 1.807) is 12.4 Å². The van der Waals surface area contributed by atoms with E-state index in [0.717, 1.165) is 15.8 Å². The van der Waals surface area contributed by atoms with Crippen LogP contribution in [0.2, 0.25) is 0 Å². The number of aromatic nitrogens is 3. The molecule has 0 aliphatic heterocycles. The number of nitrogens with zero attached hydrogens (tertiary/aromatic N) is 3. The Morgan fingerprint density at radius 1 is 1.15 bits per heavy atom. The zero-order chi connectivity index (χ0) is 9.47. The lowest BCUT2D eigenvalue weighted by Gasteiger charge is -2.14. The van der Waals surface area contributed by atoms with Gasteiger partial charge in [0.05, 0.1) is 22.8 Å². The van der Waals surface area contributed by atoms with Crippen molar-refractivity contribution in [3.05, 3.63) is 18.1 Å². The van der Waals surface area contributed by atoms with Crippen LogP contribution in [0.15, 0.2) is 12.4 Å². The highest BCUT2D eigenvalue weighted by Crippen LogP contribution is 2.30. The predicted octanol–water partition coefficient (Wildman–Crippen LogP) is 2.38. The highest BCUT2D eigenvalue weighted by molar-refractivity contribution is 7.13. The van der Waals surface area contributed by atoms with Gasteiger partial charge in [-0.05, 0) is 11.5 Å². The van der Waals surface area contributed by atoms with Gasteiger partial charge in [0.2, 0.25) is 0 Å². The van der Waals surface area contributed by atoms with E-state index in [-0.39, 0.29) is 5.41 Å². The summed E-state index contributed by atoms with van der Waals surface area (Å²) in [7, 11) is 0. The fraction of sp³-hybridized carbons (Fsp3) is 0.444. The molecule has 0 aliphatic rings. The fourth-order valence-corrected chi connectivity index (χ4v) is 2.15. The van der Waals surface area contributed by atoms with Gasteiger partial charge in [-0.25, -0.2) is 0 Å². The second-order valence-electron chi connectivity index (χ2n) is 4.05. The Hall–Kier alpha value is -1.03. The lowest BCUT2D eigenvalue weighted by molar-refractivity contribution is 0.581. The number of hydrogen-bond acceptors (Lipinski definition) is 4. The molecule has 0 unspecified atom stereocenters. The zero-order valence-corrected chi connectivity index (χ0v) is 8.72. The van der Waals surface area contributed by atoms with Crippen LogP contribution in [-0.4, -0.2) is 14.6 Å². The van der Waals surface area contributed by atoms with E-state index >= 15 is 0 Å². The first-order chi connectivity index (χ1) is 6.09. The Morgan fingerprint density at radius 2 is 1.85 bits per heavy atom. The van der Waals surface area contributed by atoms with Crippen molar-refractivity contribution < 1.29 is 0 Å². The summed E-state index contributed by atoms with van der Waals surface area (Å²) >= 11 is 1.49. The van der Waals surface area contributed by atoms with Gasteiger partial charge in [0.15, 0.2) is 0 Å². The van der Waals surface area contributed by atoms with Crippen molar-refractivity contribution in [3.8, 4) is 0 Å². The predicted molar refractivity (Wildman–Crippen MR) is 53.9 cm³/mol. The molecule has 4 heteroatoms. The molecular weight excluding hydrogens is 182 g/mol. The standard InChI is InChI=1S/C9H11N3S/c1-9(2,3)8-6-4-10-11-5-7(6)13-12-8/h4-5H,1-3H3. The van der Waals surface area contributed by atoms with Gasteiger partial charge >= 0.3 is 0 Å². The maximum absolute atomic E-state index is 4.43. The normalized spacial score (nSPS) is 12.2. The first-order valence-corrected chi connectivity index (χ1v) is 4.93. The molecule has 3 nitrogen and oxygen atoms in total. The molecular formula is C9H11N3S. The summed E-state index contributed by atoms with van der Waals surface area (Å²) in [6.07, 6.45) is 3.56. The second kappa shape index (κ2) is 2.73.